The molecule has 0 radical (unpaired) electrons. The Kier molecular flexibility index (Phi) is 2.63. The lowest BCUT2D eigenvalue weighted by Gasteiger charge is -2.27. The number of amidine groups is 1. The van der Waals surface area contributed by atoms with Gasteiger partial charge in [-0.1, -0.05) is 36.2 Å². The van der Waals surface area contributed by atoms with Gasteiger partial charge >= 0.3 is 0 Å². The summed E-state index contributed by atoms with van der Waals surface area (Å²) in [5.41, 5.74) is 5.10. The summed E-state index contributed by atoms with van der Waals surface area (Å²) < 4.78 is 0. The van der Waals surface area contributed by atoms with Gasteiger partial charge in [-0.2, -0.15) is 0 Å². The molecule has 1 aliphatic heterocycles. The molecule has 0 unspecified atom stereocenters. The van der Waals surface area contributed by atoms with E-state index in [1.54, 1.807) is 0 Å². The van der Waals surface area contributed by atoms with Crippen molar-refractivity contribution in [1.29, 1.82) is 0 Å². The molecule has 90 valence electrons. The van der Waals surface area contributed by atoms with Crippen LogP contribution in [0.3, 0.4) is 0 Å². The number of nitrogens with one attached hydrogen (secondary N) is 1. The zero-order chi connectivity index (χ0) is 11.7. The molecular formula is C14H18N2O. The Balaban J connectivity index is 1.85. The van der Waals surface area contributed by atoms with Crippen LogP contribution in [0, 0.1) is 6.92 Å². The van der Waals surface area contributed by atoms with Crippen LogP contribution >= 0.6 is 0 Å². The first-order valence-electron chi connectivity index (χ1n) is 6.38. The van der Waals surface area contributed by atoms with E-state index in [9.17, 15) is 0 Å². The highest BCUT2D eigenvalue weighted by Gasteiger charge is 2.38. The molecule has 0 atom stereocenters. The number of rotatable bonds is 1. The summed E-state index contributed by atoms with van der Waals surface area (Å²) in [6.45, 7) is 2.09. The van der Waals surface area contributed by atoms with E-state index < -0.39 is 0 Å². The highest BCUT2D eigenvalue weighted by atomic mass is 16.7. The summed E-state index contributed by atoms with van der Waals surface area (Å²) in [7, 11) is 0. The number of hydrogen-bond acceptors (Lipinski definition) is 3. The Morgan fingerprint density at radius 1 is 1.12 bits per heavy atom. The van der Waals surface area contributed by atoms with Gasteiger partial charge < -0.3 is 0 Å². The predicted molar refractivity (Wildman–Crippen MR) is 67.8 cm³/mol. The lowest BCUT2D eigenvalue weighted by atomic mass is 9.92. The van der Waals surface area contributed by atoms with Crippen LogP contribution in [-0.2, 0) is 4.84 Å². The van der Waals surface area contributed by atoms with E-state index in [0.29, 0.717) is 0 Å². The van der Waals surface area contributed by atoms with E-state index in [2.05, 4.69) is 36.7 Å². The van der Waals surface area contributed by atoms with Crippen molar-refractivity contribution in [1.82, 2.24) is 5.48 Å². The van der Waals surface area contributed by atoms with Crippen molar-refractivity contribution >= 4 is 5.84 Å². The minimum atomic E-state index is -0.279. The molecule has 1 aromatic rings. The Bertz CT molecular complexity index is 430. The van der Waals surface area contributed by atoms with E-state index in [4.69, 9.17) is 9.83 Å². The molecule has 0 aromatic heterocycles. The first-order valence-corrected chi connectivity index (χ1v) is 6.38. The second-order valence-electron chi connectivity index (χ2n) is 5.04. The van der Waals surface area contributed by atoms with Crippen LogP contribution in [0.25, 0.3) is 0 Å². The maximum Gasteiger partial charge on any atom is 0.187 e. The summed E-state index contributed by atoms with van der Waals surface area (Å²) in [6, 6.07) is 8.38. The summed E-state index contributed by atoms with van der Waals surface area (Å²) in [4.78, 5) is 10.5. The third-order valence-electron chi connectivity index (χ3n) is 3.61. The van der Waals surface area contributed by atoms with Crippen LogP contribution < -0.4 is 5.48 Å². The molecule has 1 aromatic carbocycles. The Hall–Kier alpha value is -1.35. The van der Waals surface area contributed by atoms with Crippen molar-refractivity contribution in [3.8, 4) is 0 Å². The van der Waals surface area contributed by atoms with Gasteiger partial charge in [0.25, 0.3) is 0 Å². The first kappa shape index (κ1) is 10.8. The quantitative estimate of drug-likeness (QED) is 0.804. The fraction of sp³-hybridized carbons (Fsp3) is 0.500. The van der Waals surface area contributed by atoms with Crippen molar-refractivity contribution in [3.63, 3.8) is 0 Å². The number of hydrogen-bond donors (Lipinski definition) is 1. The molecule has 3 nitrogen and oxygen atoms in total. The molecule has 0 saturated heterocycles. The number of aliphatic imine (C=N–C) groups is 1. The Morgan fingerprint density at radius 2 is 1.82 bits per heavy atom. The molecule has 1 fully saturated rings. The van der Waals surface area contributed by atoms with Crippen LogP contribution in [0.15, 0.2) is 29.3 Å². The lowest BCUT2D eigenvalue weighted by Crippen LogP contribution is -2.32. The van der Waals surface area contributed by atoms with Crippen LogP contribution in [0.5, 0.6) is 0 Å². The van der Waals surface area contributed by atoms with Gasteiger partial charge in [-0.15, -0.1) is 0 Å². The smallest absolute Gasteiger partial charge is 0.187 e. The second-order valence-corrected chi connectivity index (χ2v) is 5.04. The van der Waals surface area contributed by atoms with Crippen molar-refractivity contribution in [3.05, 3.63) is 35.4 Å². The number of hydroxylamine groups is 1. The highest BCUT2D eigenvalue weighted by Crippen LogP contribution is 2.35. The van der Waals surface area contributed by atoms with E-state index >= 15 is 0 Å². The number of nitrogens with zero attached hydrogens (tertiary/aromatic N) is 1. The Labute approximate surface area is 102 Å². The average Bonchev–Trinajstić information content (AvgIpc) is 2.75. The van der Waals surface area contributed by atoms with Crippen LogP contribution in [0.2, 0.25) is 0 Å². The predicted octanol–water partition coefficient (Wildman–Crippen LogP) is 2.94. The highest BCUT2D eigenvalue weighted by molar-refractivity contribution is 5.99. The molecule has 1 aliphatic carbocycles. The van der Waals surface area contributed by atoms with Gasteiger partial charge in [0, 0.05) is 5.56 Å². The number of benzene rings is 1. The molecule has 3 heteroatoms. The van der Waals surface area contributed by atoms with Crippen LogP contribution in [-0.4, -0.2) is 11.6 Å². The SMILES string of the molecule is Cc1ccc(C2=NC3(CCCCC3)ON2)cc1. The molecule has 1 saturated carbocycles. The molecule has 1 heterocycles. The third-order valence-corrected chi connectivity index (χ3v) is 3.61. The minimum Gasteiger partial charge on any atom is -0.246 e. The summed E-state index contributed by atoms with van der Waals surface area (Å²) in [6.07, 6.45) is 5.81. The lowest BCUT2D eigenvalue weighted by molar-refractivity contribution is -0.0763. The molecule has 1 spiro atoms. The monoisotopic (exact) mass is 230 g/mol. The zero-order valence-corrected chi connectivity index (χ0v) is 10.2. The maximum atomic E-state index is 5.72. The largest absolute Gasteiger partial charge is 0.246 e. The number of aryl methyl sites for hydroxylation is 1. The zero-order valence-electron chi connectivity index (χ0n) is 10.2. The summed E-state index contributed by atoms with van der Waals surface area (Å²) in [5, 5.41) is 0. The molecule has 0 bridgehead atoms. The van der Waals surface area contributed by atoms with Gasteiger partial charge in [0.1, 0.15) is 0 Å². The normalized spacial score (nSPS) is 22.3. The van der Waals surface area contributed by atoms with E-state index in [1.807, 2.05) is 0 Å². The topological polar surface area (TPSA) is 33.6 Å². The fourth-order valence-corrected chi connectivity index (χ4v) is 2.55. The van der Waals surface area contributed by atoms with Gasteiger partial charge in [-0.25, -0.2) is 15.3 Å². The summed E-state index contributed by atoms with van der Waals surface area (Å²) >= 11 is 0. The average molecular weight is 230 g/mol. The second kappa shape index (κ2) is 4.15. The van der Waals surface area contributed by atoms with Crippen LogP contribution in [0.4, 0.5) is 0 Å². The molecule has 2 aliphatic rings. The van der Waals surface area contributed by atoms with Gasteiger partial charge in [0.15, 0.2) is 11.6 Å². The Morgan fingerprint density at radius 3 is 2.53 bits per heavy atom. The van der Waals surface area contributed by atoms with Gasteiger partial charge in [0.05, 0.1) is 0 Å². The van der Waals surface area contributed by atoms with Crippen molar-refractivity contribution in [2.45, 2.75) is 44.8 Å². The maximum absolute atomic E-state index is 5.72. The fourth-order valence-electron chi connectivity index (χ4n) is 2.55. The standard InChI is InChI=1S/C14H18N2O/c1-11-5-7-12(8-6-11)13-15-14(17-16-13)9-3-2-4-10-14/h5-8H,2-4,9-10H2,1H3,(H,15,16). The van der Waals surface area contributed by atoms with Crippen molar-refractivity contribution in [2.75, 3.05) is 0 Å². The molecule has 3 rings (SSSR count). The summed E-state index contributed by atoms with van der Waals surface area (Å²) in [5.74, 6) is 0.881. The van der Waals surface area contributed by atoms with Crippen molar-refractivity contribution < 1.29 is 4.84 Å². The molecule has 0 amide bonds. The molecule has 17 heavy (non-hydrogen) atoms. The first-order chi connectivity index (χ1) is 8.27. The van der Waals surface area contributed by atoms with Crippen LogP contribution in [0.1, 0.15) is 43.2 Å². The van der Waals surface area contributed by atoms with E-state index in [1.165, 1.54) is 24.8 Å². The minimum absolute atomic E-state index is 0.279. The third kappa shape index (κ3) is 2.07. The van der Waals surface area contributed by atoms with Crippen molar-refractivity contribution in [2.24, 2.45) is 4.99 Å². The van der Waals surface area contributed by atoms with Gasteiger partial charge in [0.2, 0.25) is 0 Å². The van der Waals surface area contributed by atoms with E-state index in [-0.39, 0.29) is 5.72 Å². The molecular weight excluding hydrogens is 212 g/mol. The van der Waals surface area contributed by atoms with Gasteiger partial charge in [-0.3, -0.25) is 0 Å². The molecule has 1 N–H and O–H groups in total. The van der Waals surface area contributed by atoms with Gasteiger partial charge in [-0.05, 0) is 32.6 Å². The van der Waals surface area contributed by atoms with E-state index in [0.717, 1.165) is 24.2 Å².